The van der Waals surface area contributed by atoms with Crippen LogP contribution in [0.2, 0.25) is 10.2 Å². The van der Waals surface area contributed by atoms with Gasteiger partial charge in [-0.1, -0.05) is 23.2 Å². The van der Waals surface area contributed by atoms with Crippen molar-refractivity contribution in [2.45, 2.75) is 13.0 Å². The Morgan fingerprint density at radius 1 is 1.45 bits per heavy atom. The number of nitrogens with zero attached hydrogens (tertiary/aromatic N) is 1. The minimum atomic E-state index is -0.679. The summed E-state index contributed by atoms with van der Waals surface area (Å²) >= 11 is 11.3. The maximum atomic E-state index is 9.12. The highest BCUT2D eigenvalue weighted by molar-refractivity contribution is 6.32. The molecule has 0 bridgehead atoms. The molecule has 4 heteroatoms. The zero-order valence-electron chi connectivity index (χ0n) is 5.88. The van der Waals surface area contributed by atoms with Crippen LogP contribution in [-0.2, 0) is 0 Å². The summed E-state index contributed by atoms with van der Waals surface area (Å²) in [6, 6.07) is 3.19. The lowest BCUT2D eigenvalue weighted by Crippen LogP contribution is -1.96. The summed E-state index contributed by atoms with van der Waals surface area (Å²) in [5.74, 6) is 0. The van der Waals surface area contributed by atoms with Crippen molar-refractivity contribution in [3.8, 4) is 0 Å². The molecule has 1 aromatic heterocycles. The summed E-state index contributed by atoms with van der Waals surface area (Å²) in [6.45, 7) is 1.59. The fourth-order valence-corrected chi connectivity index (χ4v) is 1.14. The second kappa shape index (κ2) is 3.39. The molecule has 1 heterocycles. The van der Waals surface area contributed by atoms with Gasteiger partial charge >= 0.3 is 0 Å². The van der Waals surface area contributed by atoms with Crippen molar-refractivity contribution in [1.82, 2.24) is 4.98 Å². The van der Waals surface area contributed by atoms with Crippen molar-refractivity contribution in [3.63, 3.8) is 0 Å². The highest BCUT2D eigenvalue weighted by Gasteiger charge is 2.07. The van der Waals surface area contributed by atoms with Gasteiger partial charge in [-0.05, 0) is 19.1 Å². The van der Waals surface area contributed by atoms with E-state index in [9.17, 15) is 0 Å². The molecule has 2 nitrogen and oxygen atoms in total. The lowest BCUT2D eigenvalue weighted by molar-refractivity contribution is 0.194. The molecule has 1 unspecified atom stereocenters. The van der Waals surface area contributed by atoms with Crippen molar-refractivity contribution < 1.29 is 5.11 Å². The molecule has 1 aromatic rings. The van der Waals surface area contributed by atoms with Gasteiger partial charge in [0, 0.05) is 0 Å². The second-order valence-electron chi connectivity index (χ2n) is 2.18. The maximum Gasteiger partial charge on any atom is 0.129 e. The van der Waals surface area contributed by atoms with E-state index in [0.717, 1.165) is 0 Å². The van der Waals surface area contributed by atoms with Gasteiger partial charge in [-0.3, -0.25) is 0 Å². The Hall–Kier alpha value is -0.310. The van der Waals surface area contributed by atoms with Gasteiger partial charge in [-0.25, -0.2) is 4.98 Å². The first kappa shape index (κ1) is 8.78. The fourth-order valence-electron chi connectivity index (χ4n) is 0.726. The van der Waals surface area contributed by atoms with Crippen LogP contribution < -0.4 is 0 Å². The number of aliphatic hydroxyl groups excluding tert-OH is 1. The average molecular weight is 192 g/mol. The largest absolute Gasteiger partial charge is 0.387 e. The van der Waals surface area contributed by atoms with Crippen LogP contribution in [0.25, 0.3) is 0 Å². The Balaban J connectivity index is 3.13. The Morgan fingerprint density at radius 3 is 2.55 bits per heavy atom. The van der Waals surface area contributed by atoms with E-state index in [4.69, 9.17) is 28.3 Å². The minimum absolute atomic E-state index is 0.338. The topological polar surface area (TPSA) is 33.1 Å². The van der Waals surface area contributed by atoms with Gasteiger partial charge in [0.05, 0.1) is 16.8 Å². The number of hydrogen-bond acceptors (Lipinski definition) is 2. The quantitative estimate of drug-likeness (QED) is 0.693. The van der Waals surface area contributed by atoms with Gasteiger partial charge < -0.3 is 5.11 Å². The molecule has 0 aromatic carbocycles. The maximum absolute atomic E-state index is 9.12. The molecule has 0 radical (unpaired) electrons. The molecule has 0 amide bonds. The zero-order valence-corrected chi connectivity index (χ0v) is 7.39. The molecule has 60 valence electrons. The van der Waals surface area contributed by atoms with E-state index in [1.165, 1.54) is 0 Å². The molecule has 1 rings (SSSR count). The molecule has 1 N–H and O–H groups in total. The molecule has 0 fully saturated rings. The molecule has 0 aliphatic carbocycles. The molecular formula is C7H7Cl2NO. The lowest BCUT2D eigenvalue weighted by Gasteiger charge is -2.05. The average Bonchev–Trinajstić information content (AvgIpc) is 1.94. The number of pyridine rings is 1. The molecule has 0 aliphatic heterocycles. The summed E-state index contributed by atoms with van der Waals surface area (Å²) in [6.07, 6.45) is -0.679. The zero-order chi connectivity index (χ0) is 8.43. The van der Waals surface area contributed by atoms with Gasteiger partial charge in [0.25, 0.3) is 0 Å². The first-order valence-corrected chi connectivity index (χ1v) is 3.87. The number of halogens is 2. The fraction of sp³-hybridized carbons (Fsp3) is 0.286. The minimum Gasteiger partial charge on any atom is -0.387 e. The standard InChI is InChI=1S/C7H7Cl2NO/c1-4(11)7-5(8)2-3-6(9)10-7/h2-4,11H,1H3. The molecule has 1 atom stereocenters. The predicted molar refractivity (Wildman–Crippen MR) is 44.9 cm³/mol. The Kier molecular flexibility index (Phi) is 2.71. The number of aromatic nitrogens is 1. The predicted octanol–water partition coefficient (Wildman–Crippen LogP) is 2.44. The van der Waals surface area contributed by atoms with Crippen LogP contribution >= 0.6 is 23.2 Å². The molecule has 0 aliphatic rings. The molecule has 0 saturated heterocycles. The highest BCUT2D eigenvalue weighted by atomic mass is 35.5. The van der Waals surface area contributed by atoms with E-state index >= 15 is 0 Å². The van der Waals surface area contributed by atoms with Gasteiger partial charge in [-0.2, -0.15) is 0 Å². The Bertz CT molecular complexity index is 263. The van der Waals surface area contributed by atoms with Crippen molar-refractivity contribution in [1.29, 1.82) is 0 Å². The third kappa shape index (κ3) is 2.06. The first-order chi connectivity index (χ1) is 5.11. The van der Waals surface area contributed by atoms with Crippen LogP contribution in [0.1, 0.15) is 18.7 Å². The van der Waals surface area contributed by atoms with E-state index < -0.39 is 6.10 Å². The molecular weight excluding hydrogens is 185 g/mol. The smallest absolute Gasteiger partial charge is 0.129 e. The van der Waals surface area contributed by atoms with E-state index in [2.05, 4.69) is 4.98 Å². The third-order valence-corrected chi connectivity index (χ3v) is 1.76. The molecule has 11 heavy (non-hydrogen) atoms. The SMILES string of the molecule is CC(O)c1nc(Cl)ccc1Cl. The first-order valence-electron chi connectivity index (χ1n) is 3.11. The number of aliphatic hydroxyl groups is 1. The van der Waals surface area contributed by atoms with Gasteiger partial charge in [0.15, 0.2) is 0 Å². The van der Waals surface area contributed by atoms with E-state index in [1.54, 1.807) is 19.1 Å². The summed E-state index contributed by atoms with van der Waals surface area (Å²) in [5.41, 5.74) is 0.416. The normalized spacial score (nSPS) is 13.1. The number of rotatable bonds is 1. The van der Waals surface area contributed by atoms with Crippen LogP contribution in [-0.4, -0.2) is 10.1 Å². The summed E-state index contributed by atoms with van der Waals surface area (Å²) in [5, 5.41) is 9.90. The van der Waals surface area contributed by atoms with Gasteiger partial charge in [0.1, 0.15) is 5.15 Å². The molecule has 0 saturated carbocycles. The summed E-state index contributed by atoms with van der Waals surface area (Å²) in [7, 11) is 0. The number of hydrogen-bond donors (Lipinski definition) is 1. The van der Waals surface area contributed by atoms with Crippen LogP contribution in [0, 0.1) is 0 Å². The second-order valence-corrected chi connectivity index (χ2v) is 2.97. The van der Waals surface area contributed by atoms with E-state index in [0.29, 0.717) is 15.9 Å². The van der Waals surface area contributed by atoms with Crippen molar-refractivity contribution >= 4 is 23.2 Å². The van der Waals surface area contributed by atoms with Crippen LogP contribution in [0.15, 0.2) is 12.1 Å². The van der Waals surface area contributed by atoms with Crippen molar-refractivity contribution in [3.05, 3.63) is 28.0 Å². The molecule has 0 spiro atoms. The summed E-state index contributed by atoms with van der Waals surface area (Å²) in [4.78, 5) is 3.86. The van der Waals surface area contributed by atoms with Crippen molar-refractivity contribution in [2.24, 2.45) is 0 Å². The van der Waals surface area contributed by atoms with Crippen LogP contribution in [0.4, 0.5) is 0 Å². The lowest BCUT2D eigenvalue weighted by atomic mass is 10.2. The van der Waals surface area contributed by atoms with Crippen LogP contribution in [0.3, 0.4) is 0 Å². The van der Waals surface area contributed by atoms with E-state index in [1.807, 2.05) is 0 Å². The monoisotopic (exact) mass is 191 g/mol. The Labute approximate surface area is 74.8 Å². The van der Waals surface area contributed by atoms with Gasteiger partial charge in [-0.15, -0.1) is 0 Å². The third-order valence-electron chi connectivity index (χ3n) is 1.23. The van der Waals surface area contributed by atoms with E-state index in [-0.39, 0.29) is 0 Å². The Morgan fingerprint density at radius 2 is 2.09 bits per heavy atom. The summed E-state index contributed by atoms with van der Waals surface area (Å²) < 4.78 is 0. The highest BCUT2D eigenvalue weighted by Crippen LogP contribution is 2.22. The van der Waals surface area contributed by atoms with Crippen molar-refractivity contribution in [2.75, 3.05) is 0 Å². The van der Waals surface area contributed by atoms with Gasteiger partial charge in [0.2, 0.25) is 0 Å². The van der Waals surface area contributed by atoms with Crippen LogP contribution in [0.5, 0.6) is 0 Å².